The van der Waals surface area contributed by atoms with E-state index in [1.165, 1.54) is 0 Å². The molecule has 0 amide bonds. The summed E-state index contributed by atoms with van der Waals surface area (Å²) in [6.45, 7) is 2.92. The first-order valence-corrected chi connectivity index (χ1v) is 7.14. The standard InChI is InChI=1S/C14H21F2N3O/c1-2-17-13-11(15)8-12(16)14(18-13)19-7-5-3-4-6-10(19)9-20/h8,10,20H,2-7,9H2,1H3,(H,17,18). The average molecular weight is 285 g/mol. The summed E-state index contributed by atoms with van der Waals surface area (Å²) in [4.78, 5) is 5.85. The van der Waals surface area contributed by atoms with Crippen LogP contribution in [0.3, 0.4) is 0 Å². The highest BCUT2D eigenvalue weighted by atomic mass is 19.1. The van der Waals surface area contributed by atoms with Crippen molar-refractivity contribution >= 4 is 11.6 Å². The molecule has 112 valence electrons. The molecule has 1 atom stereocenters. The molecular formula is C14H21F2N3O. The smallest absolute Gasteiger partial charge is 0.168 e. The highest BCUT2D eigenvalue weighted by Gasteiger charge is 2.25. The summed E-state index contributed by atoms with van der Waals surface area (Å²) >= 11 is 0. The molecule has 6 heteroatoms. The first-order valence-electron chi connectivity index (χ1n) is 7.14. The fourth-order valence-corrected chi connectivity index (χ4v) is 2.60. The molecule has 2 N–H and O–H groups in total. The zero-order valence-corrected chi connectivity index (χ0v) is 11.7. The van der Waals surface area contributed by atoms with Gasteiger partial charge in [0.2, 0.25) is 0 Å². The molecule has 0 aliphatic carbocycles. The summed E-state index contributed by atoms with van der Waals surface area (Å²) in [5, 5.41) is 12.3. The Hall–Kier alpha value is -1.43. The van der Waals surface area contributed by atoms with Crippen molar-refractivity contribution < 1.29 is 13.9 Å². The second-order valence-corrected chi connectivity index (χ2v) is 5.03. The van der Waals surface area contributed by atoms with Crippen LogP contribution in [-0.2, 0) is 0 Å². The van der Waals surface area contributed by atoms with Crippen LogP contribution in [0.25, 0.3) is 0 Å². The molecule has 0 aromatic carbocycles. The molecule has 0 bridgehead atoms. The number of aliphatic hydroxyl groups excluding tert-OH is 1. The van der Waals surface area contributed by atoms with Gasteiger partial charge in [0.05, 0.1) is 12.6 Å². The van der Waals surface area contributed by atoms with E-state index in [2.05, 4.69) is 10.3 Å². The number of nitrogens with zero attached hydrogens (tertiary/aromatic N) is 2. The fourth-order valence-electron chi connectivity index (χ4n) is 2.60. The molecule has 1 unspecified atom stereocenters. The fraction of sp³-hybridized carbons (Fsp3) is 0.643. The predicted octanol–water partition coefficient (Wildman–Crippen LogP) is 2.53. The van der Waals surface area contributed by atoms with Crippen molar-refractivity contribution in [2.75, 3.05) is 29.9 Å². The number of hydrogen-bond acceptors (Lipinski definition) is 4. The van der Waals surface area contributed by atoms with Crippen molar-refractivity contribution in [3.8, 4) is 0 Å². The van der Waals surface area contributed by atoms with E-state index in [9.17, 15) is 13.9 Å². The lowest BCUT2D eigenvalue weighted by molar-refractivity contribution is 0.254. The Morgan fingerprint density at radius 3 is 2.85 bits per heavy atom. The van der Waals surface area contributed by atoms with Crippen molar-refractivity contribution in [2.45, 2.75) is 38.6 Å². The molecule has 0 saturated carbocycles. The van der Waals surface area contributed by atoms with Crippen LogP contribution in [0.2, 0.25) is 0 Å². The summed E-state index contributed by atoms with van der Waals surface area (Å²) in [6, 6.07) is 0.707. The molecule has 1 fully saturated rings. The maximum atomic E-state index is 14.0. The van der Waals surface area contributed by atoms with Crippen molar-refractivity contribution in [1.82, 2.24) is 4.98 Å². The van der Waals surface area contributed by atoms with E-state index in [0.29, 0.717) is 13.1 Å². The number of anilines is 2. The van der Waals surface area contributed by atoms with Gasteiger partial charge in [-0.3, -0.25) is 0 Å². The zero-order valence-electron chi connectivity index (χ0n) is 11.7. The maximum absolute atomic E-state index is 14.0. The van der Waals surface area contributed by atoms with Crippen LogP contribution in [0.4, 0.5) is 20.4 Å². The molecule has 1 aliphatic rings. The van der Waals surface area contributed by atoms with Crippen molar-refractivity contribution in [1.29, 1.82) is 0 Å². The maximum Gasteiger partial charge on any atom is 0.168 e. The van der Waals surface area contributed by atoms with Gasteiger partial charge in [-0.05, 0) is 19.8 Å². The number of aromatic nitrogens is 1. The van der Waals surface area contributed by atoms with Crippen LogP contribution in [0, 0.1) is 11.6 Å². The highest BCUT2D eigenvalue weighted by molar-refractivity contribution is 5.50. The van der Waals surface area contributed by atoms with Gasteiger partial charge in [-0.2, -0.15) is 0 Å². The van der Waals surface area contributed by atoms with Gasteiger partial charge in [-0.1, -0.05) is 12.8 Å². The Morgan fingerprint density at radius 1 is 1.35 bits per heavy atom. The lowest BCUT2D eigenvalue weighted by Crippen LogP contribution is -2.39. The van der Waals surface area contributed by atoms with E-state index in [1.54, 1.807) is 4.90 Å². The van der Waals surface area contributed by atoms with Crippen LogP contribution in [0.1, 0.15) is 32.6 Å². The molecule has 4 nitrogen and oxygen atoms in total. The first-order chi connectivity index (χ1) is 9.67. The van der Waals surface area contributed by atoms with E-state index in [0.717, 1.165) is 31.7 Å². The summed E-state index contributed by atoms with van der Waals surface area (Å²) in [7, 11) is 0. The third-order valence-electron chi connectivity index (χ3n) is 3.62. The second kappa shape index (κ2) is 6.83. The van der Waals surface area contributed by atoms with Gasteiger partial charge in [0.25, 0.3) is 0 Å². The van der Waals surface area contributed by atoms with Gasteiger partial charge in [0, 0.05) is 19.2 Å². The third kappa shape index (κ3) is 3.17. The van der Waals surface area contributed by atoms with Crippen molar-refractivity contribution in [2.24, 2.45) is 0 Å². The van der Waals surface area contributed by atoms with Crippen LogP contribution < -0.4 is 10.2 Å². The van der Waals surface area contributed by atoms with Crippen LogP contribution in [-0.4, -0.2) is 35.8 Å². The van der Waals surface area contributed by atoms with Crippen LogP contribution in [0.5, 0.6) is 0 Å². The largest absolute Gasteiger partial charge is 0.394 e. The Kier molecular flexibility index (Phi) is 5.11. The van der Waals surface area contributed by atoms with Gasteiger partial charge in [-0.15, -0.1) is 0 Å². The van der Waals surface area contributed by atoms with E-state index in [-0.39, 0.29) is 24.3 Å². The monoisotopic (exact) mass is 285 g/mol. The summed E-state index contributed by atoms with van der Waals surface area (Å²) in [5.74, 6) is -1.18. The van der Waals surface area contributed by atoms with Gasteiger partial charge < -0.3 is 15.3 Å². The number of pyridine rings is 1. The number of aliphatic hydroxyl groups is 1. The number of rotatable bonds is 4. The minimum atomic E-state index is -0.691. The van der Waals surface area contributed by atoms with Gasteiger partial charge in [0.1, 0.15) is 0 Å². The third-order valence-corrected chi connectivity index (χ3v) is 3.62. The molecule has 1 aromatic rings. The molecule has 1 saturated heterocycles. The zero-order chi connectivity index (χ0) is 14.5. The molecule has 1 aromatic heterocycles. The normalized spacial score (nSPS) is 19.8. The van der Waals surface area contributed by atoms with E-state index >= 15 is 0 Å². The molecule has 0 radical (unpaired) electrons. The van der Waals surface area contributed by atoms with E-state index in [4.69, 9.17) is 0 Å². The Labute approximate surface area is 117 Å². The lowest BCUT2D eigenvalue weighted by Gasteiger charge is -2.30. The van der Waals surface area contributed by atoms with Crippen LogP contribution in [0.15, 0.2) is 6.07 Å². The summed E-state index contributed by atoms with van der Waals surface area (Å²) in [6.07, 6.45) is 3.78. The van der Waals surface area contributed by atoms with Crippen molar-refractivity contribution in [3.63, 3.8) is 0 Å². The lowest BCUT2D eigenvalue weighted by atomic mass is 10.1. The molecule has 2 rings (SSSR count). The predicted molar refractivity (Wildman–Crippen MR) is 75.0 cm³/mol. The Balaban J connectivity index is 2.35. The minimum absolute atomic E-state index is 0.0466. The SMILES string of the molecule is CCNc1nc(N2CCCCCC2CO)c(F)cc1F. The highest BCUT2D eigenvalue weighted by Crippen LogP contribution is 2.27. The van der Waals surface area contributed by atoms with Gasteiger partial charge in [0.15, 0.2) is 23.3 Å². The molecule has 20 heavy (non-hydrogen) atoms. The summed E-state index contributed by atoms with van der Waals surface area (Å²) in [5.41, 5.74) is 0. The second-order valence-electron chi connectivity index (χ2n) is 5.03. The molecule has 0 spiro atoms. The number of halogens is 2. The van der Waals surface area contributed by atoms with Gasteiger partial charge in [-0.25, -0.2) is 13.8 Å². The Bertz CT molecular complexity index is 456. The van der Waals surface area contributed by atoms with Crippen molar-refractivity contribution in [3.05, 3.63) is 17.7 Å². The van der Waals surface area contributed by atoms with Crippen LogP contribution >= 0.6 is 0 Å². The molecular weight excluding hydrogens is 264 g/mol. The number of hydrogen-bond donors (Lipinski definition) is 2. The minimum Gasteiger partial charge on any atom is -0.394 e. The summed E-state index contributed by atoms with van der Waals surface area (Å²) < 4.78 is 27.7. The average Bonchev–Trinajstić information content (AvgIpc) is 2.67. The van der Waals surface area contributed by atoms with Gasteiger partial charge >= 0.3 is 0 Å². The van der Waals surface area contributed by atoms with E-state index in [1.807, 2.05) is 6.92 Å². The quantitative estimate of drug-likeness (QED) is 0.892. The topological polar surface area (TPSA) is 48.4 Å². The molecule has 2 heterocycles. The molecule has 1 aliphatic heterocycles. The Morgan fingerprint density at radius 2 is 2.15 bits per heavy atom. The number of nitrogens with one attached hydrogen (secondary N) is 1. The van der Waals surface area contributed by atoms with E-state index < -0.39 is 11.6 Å². The first kappa shape index (κ1) is 15.0.